The maximum Gasteiger partial charge on any atom is 0.319 e. The first kappa shape index (κ1) is 13.5. The van der Waals surface area contributed by atoms with Gasteiger partial charge in [0, 0.05) is 19.5 Å². The fourth-order valence-electron chi connectivity index (χ4n) is 1.81. The van der Waals surface area contributed by atoms with Crippen LogP contribution in [0.3, 0.4) is 0 Å². The molecule has 0 atom stereocenters. The van der Waals surface area contributed by atoms with Crippen molar-refractivity contribution in [1.82, 2.24) is 10.6 Å². The Labute approximate surface area is 99.8 Å². The van der Waals surface area contributed by atoms with Crippen LogP contribution < -0.4 is 10.6 Å². The van der Waals surface area contributed by atoms with Crippen LogP contribution in [0.5, 0.6) is 0 Å². The van der Waals surface area contributed by atoms with E-state index in [9.17, 15) is 14.4 Å². The van der Waals surface area contributed by atoms with Gasteiger partial charge in [-0.1, -0.05) is 6.42 Å². The van der Waals surface area contributed by atoms with Gasteiger partial charge in [0.1, 0.15) is 5.41 Å². The van der Waals surface area contributed by atoms with Crippen molar-refractivity contribution in [3.05, 3.63) is 0 Å². The van der Waals surface area contributed by atoms with Gasteiger partial charge in [-0.05, 0) is 19.8 Å². The van der Waals surface area contributed by atoms with E-state index >= 15 is 0 Å². The van der Waals surface area contributed by atoms with Gasteiger partial charge in [0.2, 0.25) is 11.8 Å². The lowest BCUT2D eigenvalue weighted by molar-refractivity contribution is -0.162. The highest BCUT2D eigenvalue weighted by Gasteiger charge is 2.50. The third-order valence-electron chi connectivity index (χ3n) is 3.06. The van der Waals surface area contributed by atoms with Crippen LogP contribution in [0.2, 0.25) is 0 Å². The molecule has 1 aliphatic carbocycles. The summed E-state index contributed by atoms with van der Waals surface area (Å²) in [5, 5.41) is 14.1. The van der Waals surface area contributed by atoms with Crippen LogP contribution in [0.15, 0.2) is 0 Å². The molecule has 0 radical (unpaired) electrons. The van der Waals surface area contributed by atoms with Crippen LogP contribution >= 0.6 is 0 Å². The van der Waals surface area contributed by atoms with Gasteiger partial charge in [-0.25, -0.2) is 0 Å². The molecule has 0 aromatic rings. The lowest BCUT2D eigenvalue weighted by Gasteiger charge is -2.35. The summed E-state index contributed by atoms with van der Waals surface area (Å²) in [5.41, 5.74) is -1.25. The van der Waals surface area contributed by atoms with Crippen molar-refractivity contribution >= 4 is 17.8 Å². The molecule has 0 unspecified atom stereocenters. The van der Waals surface area contributed by atoms with E-state index in [2.05, 4.69) is 10.6 Å². The molecular weight excluding hydrogens is 224 g/mol. The second kappa shape index (κ2) is 5.65. The minimum Gasteiger partial charge on any atom is -0.480 e. The largest absolute Gasteiger partial charge is 0.480 e. The molecule has 1 aliphatic rings. The molecule has 1 saturated carbocycles. The molecule has 6 nitrogen and oxygen atoms in total. The Balaban J connectivity index is 2.34. The van der Waals surface area contributed by atoms with Gasteiger partial charge in [0.25, 0.3) is 0 Å². The molecular formula is C11H18N2O4. The van der Waals surface area contributed by atoms with E-state index in [-0.39, 0.29) is 18.9 Å². The molecule has 2 amide bonds. The molecule has 0 aromatic heterocycles. The maximum atomic E-state index is 11.7. The second-order valence-electron chi connectivity index (χ2n) is 4.20. The number of nitrogens with one attached hydrogen (secondary N) is 2. The number of carboxylic acids is 1. The summed E-state index contributed by atoms with van der Waals surface area (Å²) in [4.78, 5) is 33.8. The lowest BCUT2D eigenvalue weighted by Crippen LogP contribution is -2.51. The SMILES string of the molecule is CCNC(=O)CCNC(=O)C1(C(=O)O)CCC1. The number of aliphatic carboxylic acids is 1. The third kappa shape index (κ3) is 2.95. The van der Waals surface area contributed by atoms with Crippen molar-refractivity contribution in [2.24, 2.45) is 5.41 Å². The summed E-state index contributed by atoms with van der Waals surface area (Å²) in [5.74, 6) is -1.69. The Kier molecular flexibility index (Phi) is 4.48. The minimum atomic E-state index is -1.25. The van der Waals surface area contributed by atoms with E-state index in [4.69, 9.17) is 5.11 Å². The quantitative estimate of drug-likeness (QED) is 0.566. The van der Waals surface area contributed by atoms with Gasteiger partial charge in [0.05, 0.1) is 0 Å². The molecule has 6 heteroatoms. The van der Waals surface area contributed by atoms with Gasteiger partial charge < -0.3 is 15.7 Å². The van der Waals surface area contributed by atoms with Crippen LogP contribution in [-0.2, 0) is 14.4 Å². The molecule has 0 aliphatic heterocycles. The number of hydrogen-bond donors (Lipinski definition) is 3. The van der Waals surface area contributed by atoms with Crippen molar-refractivity contribution in [3.63, 3.8) is 0 Å². The predicted molar refractivity (Wildman–Crippen MR) is 60.2 cm³/mol. The summed E-state index contributed by atoms with van der Waals surface area (Å²) in [6.07, 6.45) is 1.70. The van der Waals surface area contributed by atoms with Crippen LogP contribution in [0.4, 0.5) is 0 Å². The molecule has 96 valence electrons. The van der Waals surface area contributed by atoms with Crippen molar-refractivity contribution in [1.29, 1.82) is 0 Å². The highest BCUT2D eigenvalue weighted by Crippen LogP contribution is 2.41. The van der Waals surface area contributed by atoms with Crippen molar-refractivity contribution in [3.8, 4) is 0 Å². The normalized spacial score (nSPS) is 16.8. The van der Waals surface area contributed by atoms with Crippen molar-refractivity contribution in [2.75, 3.05) is 13.1 Å². The van der Waals surface area contributed by atoms with Crippen molar-refractivity contribution < 1.29 is 19.5 Å². The molecule has 0 aromatic carbocycles. The van der Waals surface area contributed by atoms with Crippen LogP contribution in [0.1, 0.15) is 32.6 Å². The number of hydrogen-bond acceptors (Lipinski definition) is 3. The summed E-state index contributed by atoms with van der Waals surface area (Å²) in [7, 11) is 0. The van der Waals surface area contributed by atoms with Gasteiger partial charge >= 0.3 is 5.97 Å². The van der Waals surface area contributed by atoms with E-state index in [0.717, 1.165) is 6.42 Å². The first-order chi connectivity index (χ1) is 8.03. The Bertz CT molecular complexity index is 323. The summed E-state index contributed by atoms with van der Waals surface area (Å²) in [6.45, 7) is 2.54. The average Bonchev–Trinajstić information content (AvgIpc) is 2.15. The third-order valence-corrected chi connectivity index (χ3v) is 3.06. The molecule has 0 saturated heterocycles. The number of carbonyl (C=O) groups excluding carboxylic acids is 2. The zero-order chi connectivity index (χ0) is 12.9. The van der Waals surface area contributed by atoms with Gasteiger partial charge in [-0.2, -0.15) is 0 Å². The maximum absolute atomic E-state index is 11.7. The smallest absolute Gasteiger partial charge is 0.319 e. The highest BCUT2D eigenvalue weighted by molar-refractivity contribution is 6.02. The molecule has 1 fully saturated rings. The fraction of sp³-hybridized carbons (Fsp3) is 0.727. The second-order valence-corrected chi connectivity index (χ2v) is 4.20. The van der Waals surface area contributed by atoms with Crippen LogP contribution in [0, 0.1) is 5.41 Å². The lowest BCUT2D eigenvalue weighted by atomic mass is 9.68. The summed E-state index contributed by atoms with van der Waals surface area (Å²) >= 11 is 0. The zero-order valence-electron chi connectivity index (χ0n) is 9.91. The molecule has 0 spiro atoms. The van der Waals surface area contributed by atoms with E-state index < -0.39 is 17.3 Å². The molecule has 0 heterocycles. The number of carboxylic acid groups (broad SMARTS) is 1. The van der Waals surface area contributed by atoms with Gasteiger partial charge in [0.15, 0.2) is 0 Å². The molecule has 17 heavy (non-hydrogen) atoms. The Hall–Kier alpha value is -1.59. The Morgan fingerprint density at radius 2 is 1.88 bits per heavy atom. The van der Waals surface area contributed by atoms with Gasteiger partial charge in [-0.3, -0.25) is 14.4 Å². The molecule has 3 N–H and O–H groups in total. The topological polar surface area (TPSA) is 95.5 Å². The van der Waals surface area contributed by atoms with Crippen LogP contribution in [-0.4, -0.2) is 36.0 Å². The molecule has 0 bridgehead atoms. The van der Waals surface area contributed by atoms with Crippen molar-refractivity contribution in [2.45, 2.75) is 32.6 Å². The molecule has 1 rings (SSSR count). The highest BCUT2D eigenvalue weighted by atomic mass is 16.4. The van der Waals surface area contributed by atoms with E-state index in [1.807, 2.05) is 6.92 Å². The minimum absolute atomic E-state index is 0.147. The summed E-state index contributed by atoms with van der Waals surface area (Å²) in [6, 6.07) is 0. The Morgan fingerprint density at radius 3 is 2.29 bits per heavy atom. The number of rotatable bonds is 6. The zero-order valence-corrected chi connectivity index (χ0v) is 9.91. The summed E-state index contributed by atoms with van der Waals surface area (Å²) < 4.78 is 0. The predicted octanol–water partition coefficient (Wildman–Crippen LogP) is -0.116. The van der Waals surface area contributed by atoms with Gasteiger partial charge in [-0.15, -0.1) is 0 Å². The standard InChI is InChI=1S/C11H18N2O4/c1-2-12-8(14)4-7-13-9(15)11(10(16)17)5-3-6-11/h2-7H2,1H3,(H,12,14)(H,13,15)(H,16,17). The van der Waals surface area contributed by atoms with E-state index in [1.165, 1.54) is 0 Å². The van der Waals surface area contributed by atoms with Crippen LogP contribution in [0.25, 0.3) is 0 Å². The fourth-order valence-corrected chi connectivity index (χ4v) is 1.81. The van der Waals surface area contributed by atoms with E-state index in [1.54, 1.807) is 0 Å². The number of carbonyl (C=O) groups is 3. The Morgan fingerprint density at radius 1 is 1.24 bits per heavy atom. The monoisotopic (exact) mass is 242 g/mol. The number of amides is 2. The average molecular weight is 242 g/mol. The first-order valence-electron chi connectivity index (χ1n) is 5.81. The first-order valence-corrected chi connectivity index (χ1v) is 5.81. The van der Waals surface area contributed by atoms with E-state index in [0.29, 0.717) is 19.4 Å².